The van der Waals surface area contributed by atoms with Crippen molar-refractivity contribution in [2.24, 2.45) is 0 Å². The number of carbonyl (C=O) groups is 1. The third-order valence-corrected chi connectivity index (χ3v) is 2.93. The molecule has 3 N–H and O–H groups in total. The van der Waals surface area contributed by atoms with Gasteiger partial charge < -0.3 is 15.8 Å². The summed E-state index contributed by atoms with van der Waals surface area (Å²) >= 11 is 0. The van der Waals surface area contributed by atoms with Crippen LogP contribution in [0.3, 0.4) is 0 Å². The highest BCUT2D eigenvalue weighted by atomic mass is 19.1. The van der Waals surface area contributed by atoms with Crippen LogP contribution in [0.4, 0.5) is 15.8 Å². The monoisotopic (exact) mass is 314 g/mol. The number of nitrogens with two attached hydrogens (primary N) is 1. The zero-order valence-electron chi connectivity index (χ0n) is 13.0. The molecule has 0 aliphatic rings. The van der Waals surface area contributed by atoms with E-state index in [0.717, 1.165) is 11.3 Å². The predicted molar refractivity (Wildman–Crippen MR) is 90.7 cm³/mol. The van der Waals surface area contributed by atoms with Crippen molar-refractivity contribution in [1.29, 1.82) is 0 Å². The summed E-state index contributed by atoms with van der Waals surface area (Å²) in [5.74, 6) is -0.183. The maximum absolute atomic E-state index is 13.3. The van der Waals surface area contributed by atoms with Crippen LogP contribution in [0.2, 0.25) is 0 Å². The summed E-state index contributed by atoms with van der Waals surface area (Å²) in [6, 6.07) is 11.5. The van der Waals surface area contributed by atoms with Crippen LogP contribution in [0.5, 0.6) is 5.75 Å². The van der Waals surface area contributed by atoms with Gasteiger partial charge in [0.2, 0.25) is 5.91 Å². The van der Waals surface area contributed by atoms with E-state index in [4.69, 9.17) is 10.5 Å². The molecule has 23 heavy (non-hydrogen) atoms. The maximum atomic E-state index is 13.3. The number of benzene rings is 2. The minimum atomic E-state index is -0.565. The van der Waals surface area contributed by atoms with E-state index in [2.05, 4.69) is 5.32 Å². The van der Waals surface area contributed by atoms with Crippen molar-refractivity contribution in [3.8, 4) is 5.75 Å². The second-order valence-corrected chi connectivity index (χ2v) is 5.30. The fraction of sp³-hybridized carbons (Fsp3) is 0.167. The summed E-state index contributed by atoms with van der Waals surface area (Å²) < 4.78 is 18.9. The molecule has 0 fully saturated rings. The van der Waals surface area contributed by atoms with Gasteiger partial charge >= 0.3 is 0 Å². The van der Waals surface area contributed by atoms with E-state index in [-0.39, 0.29) is 17.7 Å². The van der Waals surface area contributed by atoms with Gasteiger partial charge in [-0.3, -0.25) is 4.79 Å². The van der Waals surface area contributed by atoms with Crippen molar-refractivity contribution in [3.63, 3.8) is 0 Å². The first-order valence-corrected chi connectivity index (χ1v) is 7.25. The highest BCUT2D eigenvalue weighted by molar-refractivity contribution is 6.02. The Morgan fingerprint density at radius 1 is 1.26 bits per heavy atom. The van der Waals surface area contributed by atoms with Gasteiger partial charge in [0.15, 0.2) is 0 Å². The van der Waals surface area contributed by atoms with Gasteiger partial charge in [0.05, 0.1) is 11.8 Å². The van der Waals surface area contributed by atoms with Crippen LogP contribution in [-0.2, 0) is 4.79 Å². The molecule has 0 spiro atoms. The molecule has 4 nitrogen and oxygen atoms in total. The Morgan fingerprint density at radius 3 is 2.74 bits per heavy atom. The van der Waals surface area contributed by atoms with E-state index in [9.17, 15) is 9.18 Å². The minimum Gasteiger partial charge on any atom is -0.491 e. The normalized spacial score (nSPS) is 11.0. The maximum Gasteiger partial charge on any atom is 0.248 e. The minimum absolute atomic E-state index is 0.0421. The van der Waals surface area contributed by atoms with Crippen LogP contribution in [0.25, 0.3) is 6.08 Å². The third-order valence-electron chi connectivity index (χ3n) is 2.93. The number of carbonyl (C=O) groups excluding carboxylic acids is 1. The molecule has 0 unspecified atom stereocenters. The number of nitrogens with one attached hydrogen (secondary N) is 1. The lowest BCUT2D eigenvalue weighted by atomic mass is 10.2. The number of nitrogen functional groups attached to an aromatic ring is 1. The molecule has 0 heterocycles. The van der Waals surface area contributed by atoms with Gasteiger partial charge in [-0.25, -0.2) is 4.39 Å². The van der Waals surface area contributed by atoms with Crippen molar-refractivity contribution in [3.05, 3.63) is 59.9 Å². The lowest BCUT2D eigenvalue weighted by Crippen LogP contribution is -2.08. The van der Waals surface area contributed by atoms with Crippen LogP contribution in [0.1, 0.15) is 19.4 Å². The molecule has 120 valence electrons. The van der Waals surface area contributed by atoms with E-state index in [1.807, 2.05) is 38.1 Å². The number of amides is 1. The van der Waals surface area contributed by atoms with Gasteiger partial charge in [0, 0.05) is 11.8 Å². The summed E-state index contributed by atoms with van der Waals surface area (Å²) in [7, 11) is 0. The van der Waals surface area contributed by atoms with Gasteiger partial charge in [-0.05, 0) is 55.8 Å². The Morgan fingerprint density at radius 2 is 2.04 bits per heavy atom. The van der Waals surface area contributed by atoms with E-state index in [1.165, 1.54) is 18.2 Å². The van der Waals surface area contributed by atoms with Crippen LogP contribution in [0.15, 0.2) is 48.5 Å². The standard InChI is InChI=1S/C18H19FN2O2/c1-12(2)23-15-5-3-4-13(10-15)6-9-18(22)21-14-7-8-17(20)16(19)11-14/h3-12H,20H2,1-2H3,(H,21,22)/b9-6+. The van der Waals surface area contributed by atoms with Crippen LogP contribution >= 0.6 is 0 Å². The Bertz CT molecular complexity index is 727. The van der Waals surface area contributed by atoms with Crippen molar-refractivity contribution in [2.45, 2.75) is 20.0 Å². The summed E-state index contributed by atoms with van der Waals surface area (Å²) in [5, 5.41) is 2.57. The van der Waals surface area contributed by atoms with Crippen molar-refractivity contribution in [1.82, 2.24) is 0 Å². The molecule has 0 saturated heterocycles. The lowest BCUT2D eigenvalue weighted by Gasteiger charge is -2.09. The second kappa shape index (κ2) is 7.45. The molecule has 0 saturated carbocycles. The van der Waals surface area contributed by atoms with Crippen LogP contribution < -0.4 is 15.8 Å². The first-order chi connectivity index (χ1) is 10.9. The molecule has 0 bridgehead atoms. The summed E-state index contributed by atoms with van der Waals surface area (Å²) in [6.45, 7) is 3.89. The molecule has 0 aliphatic carbocycles. The number of halogens is 1. The summed E-state index contributed by atoms with van der Waals surface area (Å²) in [4.78, 5) is 11.9. The molecule has 2 rings (SSSR count). The van der Waals surface area contributed by atoms with Crippen LogP contribution in [0, 0.1) is 5.82 Å². The van der Waals surface area contributed by atoms with Crippen molar-refractivity contribution in [2.75, 3.05) is 11.1 Å². The number of ether oxygens (including phenoxy) is 1. The number of hydrogen-bond acceptors (Lipinski definition) is 3. The average Bonchev–Trinajstić information content (AvgIpc) is 2.49. The van der Waals surface area contributed by atoms with E-state index in [1.54, 1.807) is 12.1 Å². The highest BCUT2D eigenvalue weighted by Crippen LogP contribution is 2.17. The largest absolute Gasteiger partial charge is 0.491 e. The van der Waals surface area contributed by atoms with E-state index >= 15 is 0 Å². The first kappa shape index (κ1) is 16.5. The Balaban J connectivity index is 2.01. The van der Waals surface area contributed by atoms with Crippen molar-refractivity contribution >= 4 is 23.4 Å². The van der Waals surface area contributed by atoms with Gasteiger partial charge in [0.1, 0.15) is 11.6 Å². The number of rotatable bonds is 5. The molecule has 2 aromatic carbocycles. The molecule has 0 aliphatic heterocycles. The van der Waals surface area contributed by atoms with Gasteiger partial charge in [-0.15, -0.1) is 0 Å². The quantitative estimate of drug-likeness (QED) is 0.651. The molecule has 0 aromatic heterocycles. The Labute approximate surface area is 134 Å². The lowest BCUT2D eigenvalue weighted by molar-refractivity contribution is -0.111. The fourth-order valence-electron chi connectivity index (χ4n) is 1.92. The Hall–Kier alpha value is -2.82. The molecule has 0 atom stereocenters. The van der Waals surface area contributed by atoms with E-state index < -0.39 is 5.82 Å². The highest BCUT2D eigenvalue weighted by Gasteiger charge is 2.03. The molecular weight excluding hydrogens is 295 g/mol. The molecule has 5 heteroatoms. The average molecular weight is 314 g/mol. The molecular formula is C18H19FN2O2. The van der Waals surface area contributed by atoms with Gasteiger partial charge in [-0.2, -0.15) is 0 Å². The topological polar surface area (TPSA) is 64.3 Å². The summed E-state index contributed by atoms with van der Waals surface area (Å²) in [5.41, 5.74) is 6.62. The van der Waals surface area contributed by atoms with Crippen LogP contribution in [-0.4, -0.2) is 12.0 Å². The molecule has 2 aromatic rings. The zero-order chi connectivity index (χ0) is 16.8. The molecule has 1 amide bonds. The van der Waals surface area contributed by atoms with E-state index in [0.29, 0.717) is 5.69 Å². The first-order valence-electron chi connectivity index (χ1n) is 7.25. The predicted octanol–water partition coefficient (Wildman–Crippen LogP) is 3.85. The SMILES string of the molecule is CC(C)Oc1cccc(/C=C/C(=O)Nc2ccc(N)c(F)c2)c1. The van der Waals surface area contributed by atoms with Gasteiger partial charge in [0.25, 0.3) is 0 Å². The number of hydrogen-bond donors (Lipinski definition) is 2. The summed E-state index contributed by atoms with van der Waals surface area (Å²) in [6.07, 6.45) is 3.12. The molecule has 0 radical (unpaired) electrons. The van der Waals surface area contributed by atoms with Crippen molar-refractivity contribution < 1.29 is 13.9 Å². The fourth-order valence-corrected chi connectivity index (χ4v) is 1.92. The third kappa shape index (κ3) is 5.14. The number of anilines is 2. The van der Waals surface area contributed by atoms with Gasteiger partial charge in [-0.1, -0.05) is 12.1 Å². The smallest absolute Gasteiger partial charge is 0.248 e. The zero-order valence-corrected chi connectivity index (χ0v) is 13.0. The second-order valence-electron chi connectivity index (χ2n) is 5.30. The Kier molecular flexibility index (Phi) is 5.36.